The Morgan fingerprint density at radius 2 is 1.75 bits per heavy atom. The van der Waals surface area contributed by atoms with Crippen molar-refractivity contribution in [1.29, 1.82) is 0 Å². The monoisotopic (exact) mass is 372 g/mol. The molecule has 142 valence electrons. The molecule has 2 aromatic carbocycles. The Kier molecular flexibility index (Phi) is 5.06. The summed E-state index contributed by atoms with van der Waals surface area (Å²) in [5, 5.41) is 0.740. The molecule has 4 N–H and O–H groups in total. The Balaban J connectivity index is 1.81. The second-order valence-electron chi connectivity index (χ2n) is 7.37. The maximum atomic E-state index is 12.6. The standard InChI is InChI=1S/C23H24N4O/c24-23(25)27-22(28)19-14-21(26-20-12-5-4-11-18(19)20)17-10-6-9-16(13-17)15-7-2-1-3-8-15/h4-6,9-15H,1-3,7-8H2,(H4,24,25,27,28). The number of fused-ring (bicyclic) bond motifs is 1. The Morgan fingerprint density at radius 1 is 0.964 bits per heavy atom. The summed E-state index contributed by atoms with van der Waals surface area (Å²) in [6.45, 7) is 0. The number of aromatic nitrogens is 1. The van der Waals surface area contributed by atoms with Gasteiger partial charge < -0.3 is 11.5 Å². The van der Waals surface area contributed by atoms with Crippen molar-refractivity contribution in [3.8, 4) is 11.3 Å². The number of hydrogen-bond acceptors (Lipinski definition) is 2. The molecule has 5 nitrogen and oxygen atoms in total. The van der Waals surface area contributed by atoms with Crippen LogP contribution in [-0.4, -0.2) is 16.9 Å². The highest BCUT2D eigenvalue weighted by atomic mass is 16.1. The first kappa shape index (κ1) is 18.2. The SMILES string of the molecule is NC(N)=NC(=O)c1cc(-c2cccc(C3CCCCC3)c2)nc2ccccc12. The molecule has 0 aliphatic heterocycles. The predicted molar refractivity (Wildman–Crippen MR) is 113 cm³/mol. The smallest absolute Gasteiger partial charge is 0.280 e. The van der Waals surface area contributed by atoms with E-state index in [-0.39, 0.29) is 5.96 Å². The molecular formula is C23H24N4O. The largest absolute Gasteiger partial charge is 0.370 e. The molecule has 0 saturated heterocycles. The molecule has 1 amide bonds. The lowest BCUT2D eigenvalue weighted by atomic mass is 9.83. The second-order valence-corrected chi connectivity index (χ2v) is 7.37. The molecule has 1 aliphatic carbocycles. The van der Waals surface area contributed by atoms with Gasteiger partial charge in [-0.2, -0.15) is 4.99 Å². The molecule has 4 rings (SSSR count). The molecule has 1 heterocycles. The van der Waals surface area contributed by atoms with Crippen molar-refractivity contribution >= 4 is 22.8 Å². The van der Waals surface area contributed by atoms with E-state index in [1.807, 2.05) is 30.3 Å². The van der Waals surface area contributed by atoms with Crippen LogP contribution in [-0.2, 0) is 0 Å². The zero-order valence-electron chi connectivity index (χ0n) is 15.8. The summed E-state index contributed by atoms with van der Waals surface area (Å²) in [5.74, 6) is -0.0908. The number of hydrogen-bond donors (Lipinski definition) is 2. The fourth-order valence-electron chi connectivity index (χ4n) is 4.07. The highest BCUT2D eigenvalue weighted by Gasteiger charge is 2.17. The van der Waals surface area contributed by atoms with E-state index < -0.39 is 5.91 Å². The zero-order valence-corrected chi connectivity index (χ0v) is 15.8. The van der Waals surface area contributed by atoms with Gasteiger partial charge in [0.05, 0.1) is 16.8 Å². The van der Waals surface area contributed by atoms with Gasteiger partial charge in [-0.1, -0.05) is 55.7 Å². The Labute approximate surface area is 164 Å². The third-order valence-corrected chi connectivity index (χ3v) is 5.44. The van der Waals surface area contributed by atoms with Gasteiger partial charge in [-0.25, -0.2) is 4.98 Å². The lowest BCUT2D eigenvalue weighted by Gasteiger charge is -2.22. The van der Waals surface area contributed by atoms with Crippen molar-refractivity contribution in [1.82, 2.24) is 4.98 Å². The minimum absolute atomic E-state index is 0.244. The molecular weight excluding hydrogens is 348 g/mol. The van der Waals surface area contributed by atoms with Crippen LogP contribution in [0.3, 0.4) is 0 Å². The van der Waals surface area contributed by atoms with Crippen LogP contribution in [0.15, 0.2) is 59.6 Å². The normalized spacial score (nSPS) is 14.7. The van der Waals surface area contributed by atoms with Gasteiger partial charge in [0.25, 0.3) is 5.91 Å². The molecule has 3 aromatic rings. The fraction of sp³-hybridized carbons (Fsp3) is 0.261. The topological polar surface area (TPSA) is 94.4 Å². The first-order valence-electron chi connectivity index (χ1n) is 9.76. The first-order valence-corrected chi connectivity index (χ1v) is 9.76. The van der Waals surface area contributed by atoms with Crippen molar-refractivity contribution in [2.24, 2.45) is 16.5 Å². The molecule has 1 saturated carbocycles. The van der Waals surface area contributed by atoms with Gasteiger partial charge in [0, 0.05) is 10.9 Å². The molecule has 0 radical (unpaired) electrons. The molecule has 28 heavy (non-hydrogen) atoms. The van der Waals surface area contributed by atoms with Gasteiger partial charge >= 0.3 is 0 Å². The van der Waals surface area contributed by atoms with E-state index in [0.717, 1.165) is 22.2 Å². The first-order chi connectivity index (χ1) is 13.6. The average molecular weight is 372 g/mol. The maximum absolute atomic E-state index is 12.6. The lowest BCUT2D eigenvalue weighted by Crippen LogP contribution is -2.24. The number of carbonyl (C=O) groups is 1. The molecule has 1 aliphatic rings. The molecule has 1 fully saturated rings. The van der Waals surface area contributed by atoms with Gasteiger partial charge in [-0.3, -0.25) is 4.79 Å². The molecule has 0 atom stereocenters. The molecule has 0 spiro atoms. The van der Waals surface area contributed by atoms with Crippen molar-refractivity contribution in [2.75, 3.05) is 0 Å². The van der Waals surface area contributed by atoms with Crippen molar-refractivity contribution in [3.63, 3.8) is 0 Å². The zero-order chi connectivity index (χ0) is 19.5. The molecule has 0 unspecified atom stereocenters. The number of carbonyl (C=O) groups excluding carboxylic acids is 1. The third-order valence-electron chi connectivity index (χ3n) is 5.44. The summed E-state index contributed by atoms with van der Waals surface area (Å²) in [5.41, 5.74) is 15.2. The Morgan fingerprint density at radius 3 is 2.54 bits per heavy atom. The number of nitrogens with zero attached hydrogens (tertiary/aromatic N) is 2. The van der Waals surface area contributed by atoms with Crippen LogP contribution in [0.5, 0.6) is 0 Å². The van der Waals surface area contributed by atoms with Gasteiger partial charge in [-0.15, -0.1) is 0 Å². The number of para-hydroxylation sites is 1. The number of nitrogens with two attached hydrogens (primary N) is 2. The van der Waals surface area contributed by atoms with Gasteiger partial charge in [0.15, 0.2) is 5.96 Å². The maximum Gasteiger partial charge on any atom is 0.280 e. The Bertz CT molecular complexity index is 1050. The lowest BCUT2D eigenvalue weighted by molar-refractivity contribution is 0.100. The minimum atomic E-state index is -0.455. The molecule has 0 bridgehead atoms. The number of rotatable bonds is 3. The summed E-state index contributed by atoms with van der Waals surface area (Å²) < 4.78 is 0. The summed E-state index contributed by atoms with van der Waals surface area (Å²) in [7, 11) is 0. The van der Waals surface area contributed by atoms with Crippen LogP contribution < -0.4 is 11.5 Å². The van der Waals surface area contributed by atoms with E-state index in [1.165, 1.54) is 37.7 Å². The van der Waals surface area contributed by atoms with E-state index in [0.29, 0.717) is 11.5 Å². The number of guanidine groups is 1. The van der Waals surface area contributed by atoms with Crippen LogP contribution >= 0.6 is 0 Å². The summed E-state index contributed by atoms with van der Waals surface area (Å²) in [4.78, 5) is 21.1. The summed E-state index contributed by atoms with van der Waals surface area (Å²) in [6, 6.07) is 17.9. The van der Waals surface area contributed by atoms with Crippen LogP contribution in [0, 0.1) is 0 Å². The van der Waals surface area contributed by atoms with Crippen LogP contribution in [0.4, 0.5) is 0 Å². The summed E-state index contributed by atoms with van der Waals surface area (Å²) >= 11 is 0. The van der Waals surface area contributed by atoms with E-state index >= 15 is 0 Å². The molecule has 1 aromatic heterocycles. The van der Waals surface area contributed by atoms with Crippen LogP contribution in [0.2, 0.25) is 0 Å². The minimum Gasteiger partial charge on any atom is -0.370 e. The highest BCUT2D eigenvalue weighted by Crippen LogP contribution is 2.34. The van der Waals surface area contributed by atoms with Crippen molar-refractivity contribution in [3.05, 3.63) is 65.7 Å². The van der Waals surface area contributed by atoms with Gasteiger partial charge in [0.1, 0.15) is 0 Å². The van der Waals surface area contributed by atoms with Crippen LogP contribution in [0.25, 0.3) is 22.2 Å². The van der Waals surface area contributed by atoms with E-state index in [2.05, 4.69) is 23.2 Å². The van der Waals surface area contributed by atoms with Crippen molar-refractivity contribution in [2.45, 2.75) is 38.0 Å². The number of benzene rings is 2. The van der Waals surface area contributed by atoms with E-state index in [1.54, 1.807) is 6.07 Å². The quantitative estimate of drug-likeness (QED) is 0.527. The van der Waals surface area contributed by atoms with Gasteiger partial charge in [0.2, 0.25) is 0 Å². The average Bonchev–Trinajstić information content (AvgIpc) is 2.73. The summed E-state index contributed by atoms with van der Waals surface area (Å²) in [6.07, 6.45) is 6.39. The number of aliphatic imine (C=N–C) groups is 1. The number of pyridine rings is 1. The van der Waals surface area contributed by atoms with Crippen LogP contribution in [0.1, 0.15) is 53.9 Å². The second kappa shape index (κ2) is 7.80. The van der Waals surface area contributed by atoms with E-state index in [9.17, 15) is 4.79 Å². The van der Waals surface area contributed by atoms with Gasteiger partial charge in [-0.05, 0) is 42.5 Å². The molecule has 5 heteroatoms. The third kappa shape index (κ3) is 3.74. The fourth-order valence-corrected chi connectivity index (χ4v) is 4.07. The highest BCUT2D eigenvalue weighted by molar-refractivity contribution is 6.10. The number of amides is 1. The predicted octanol–water partition coefficient (Wildman–Crippen LogP) is 4.36. The van der Waals surface area contributed by atoms with Crippen molar-refractivity contribution < 1.29 is 4.79 Å². The van der Waals surface area contributed by atoms with E-state index in [4.69, 9.17) is 16.5 Å². The Hall–Kier alpha value is -3.21.